The van der Waals surface area contributed by atoms with Crippen molar-refractivity contribution >= 4 is 80.1 Å². The molecule has 0 bridgehead atoms. The highest BCUT2D eigenvalue weighted by Gasteiger charge is 2.51. The van der Waals surface area contributed by atoms with Gasteiger partial charge in [0.25, 0.3) is 0 Å². The maximum absolute atomic E-state index is 2.55. The quantitative estimate of drug-likeness (QED) is 0.166. The third kappa shape index (κ3) is 5.61. The zero-order valence-electron chi connectivity index (χ0n) is 40.3. The molecule has 16 rings (SSSR count). The van der Waals surface area contributed by atoms with Gasteiger partial charge < -0.3 is 4.90 Å². The molecule has 2 heterocycles. The fourth-order valence-electron chi connectivity index (χ4n) is 13.4. The molecule has 1 nitrogen and oxygen atoms in total. The van der Waals surface area contributed by atoms with Crippen LogP contribution in [-0.2, 0) is 10.8 Å². The first-order chi connectivity index (χ1) is 35.9. The number of fused-ring (bicyclic) bond motifs is 19. The summed E-state index contributed by atoms with van der Waals surface area (Å²) in [6.07, 6.45) is 0. The second kappa shape index (κ2) is 15.1. The third-order valence-electron chi connectivity index (χ3n) is 16.7. The lowest BCUT2D eigenvalue weighted by Crippen LogP contribution is -2.25. The highest BCUT2D eigenvalue weighted by molar-refractivity contribution is 7.26. The zero-order chi connectivity index (χ0) is 48.2. The molecule has 0 atom stereocenters. The van der Waals surface area contributed by atoms with Crippen LogP contribution < -0.4 is 4.90 Å². The Balaban J connectivity index is 0.823. The normalized spacial score (nSPS) is 14.1. The summed E-state index contributed by atoms with van der Waals surface area (Å²) in [6.45, 7) is 4.74. The van der Waals surface area contributed by atoms with E-state index in [0.29, 0.717) is 0 Å². The summed E-state index contributed by atoms with van der Waals surface area (Å²) in [5.41, 5.74) is 24.2. The molecule has 0 saturated carbocycles. The largest absolute Gasteiger partial charge is 0.310 e. The Kier molecular flexibility index (Phi) is 8.54. The minimum absolute atomic E-state index is 0.122. The molecule has 3 heteroatoms. The van der Waals surface area contributed by atoms with Crippen LogP contribution in [-0.4, -0.2) is 0 Å². The van der Waals surface area contributed by atoms with E-state index in [1.165, 1.54) is 129 Å². The third-order valence-corrected chi connectivity index (χ3v) is 19.1. The van der Waals surface area contributed by atoms with Crippen molar-refractivity contribution in [2.24, 2.45) is 0 Å². The van der Waals surface area contributed by atoms with Crippen LogP contribution in [0.15, 0.2) is 237 Å². The lowest BCUT2D eigenvalue weighted by atomic mass is 9.70. The molecule has 0 radical (unpaired) electrons. The van der Waals surface area contributed by atoms with Gasteiger partial charge in [0.15, 0.2) is 0 Å². The van der Waals surface area contributed by atoms with E-state index in [-0.39, 0.29) is 10.8 Å². The number of benzene rings is 11. The Morgan fingerprint density at radius 3 is 1.33 bits per heavy atom. The van der Waals surface area contributed by atoms with Crippen molar-refractivity contribution in [3.8, 4) is 55.6 Å². The number of thiophene rings is 2. The molecular formula is C70H45NS2. The minimum Gasteiger partial charge on any atom is -0.310 e. The van der Waals surface area contributed by atoms with E-state index in [1.54, 1.807) is 0 Å². The minimum atomic E-state index is -0.368. The molecule has 2 aromatic heterocycles. The van der Waals surface area contributed by atoms with Crippen LogP contribution >= 0.6 is 22.7 Å². The van der Waals surface area contributed by atoms with E-state index in [0.717, 1.165) is 17.1 Å². The Morgan fingerprint density at radius 1 is 0.288 bits per heavy atom. The number of anilines is 3. The summed E-state index contributed by atoms with van der Waals surface area (Å²) in [4.78, 5) is 2.45. The first-order valence-electron chi connectivity index (χ1n) is 25.4. The summed E-state index contributed by atoms with van der Waals surface area (Å²) in [5, 5.41) is 5.28. The average molecular weight is 964 g/mol. The highest BCUT2D eigenvalue weighted by Crippen LogP contribution is 2.64. The second-order valence-corrected chi connectivity index (χ2v) is 22.8. The molecular weight excluding hydrogens is 919 g/mol. The first kappa shape index (κ1) is 41.3. The molecule has 0 aliphatic heterocycles. The lowest BCUT2D eigenvalue weighted by molar-refractivity contribution is 0.660. The molecule has 3 aliphatic carbocycles. The Hall–Kier alpha value is -8.34. The summed E-state index contributed by atoms with van der Waals surface area (Å²) < 4.78 is 5.31. The zero-order valence-corrected chi connectivity index (χ0v) is 41.9. The van der Waals surface area contributed by atoms with Gasteiger partial charge in [0.2, 0.25) is 0 Å². The topological polar surface area (TPSA) is 3.24 Å². The van der Waals surface area contributed by atoms with Gasteiger partial charge in [-0.2, -0.15) is 0 Å². The van der Waals surface area contributed by atoms with Gasteiger partial charge in [0.1, 0.15) is 0 Å². The number of hydrogen-bond donors (Lipinski definition) is 0. The summed E-state index contributed by atoms with van der Waals surface area (Å²) >= 11 is 3.81. The van der Waals surface area contributed by atoms with Crippen LogP contribution in [0.5, 0.6) is 0 Å². The fourth-order valence-corrected chi connectivity index (χ4v) is 15.9. The van der Waals surface area contributed by atoms with Crippen molar-refractivity contribution < 1.29 is 0 Å². The number of nitrogens with zero attached hydrogens (tertiary/aromatic N) is 1. The van der Waals surface area contributed by atoms with Crippen LogP contribution in [0.1, 0.15) is 47.2 Å². The summed E-state index contributed by atoms with van der Waals surface area (Å²) in [7, 11) is 0. The number of hydrogen-bond acceptors (Lipinski definition) is 3. The maximum atomic E-state index is 2.55. The van der Waals surface area contributed by atoms with Gasteiger partial charge in [-0.1, -0.05) is 196 Å². The second-order valence-electron chi connectivity index (χ2n) is 20.7. The van der Waals surface area contributed by atoms with Crippen molar-refractivity contribution in [1.29, 1.82) is 0 Å². The molecule has 0 amide bonds. The summed E-state index contributed by atoms with van der Waals surface area (Å²) in [6, 6.07) is 89.4. The van der Waals surface area contributed by atoms with Crippen LogP contribution in [0.2, 0.25) is 0 Å². The molecule has 3 aliphatic rings. The van der Waals surface area contributed by atoms with Gasteiger partial charge in [-0.15, -0.1) is 22.7 Å². The standard InChI is InChI=1S/C70H45NS2/c1-69(2)59-24-8-3-15-49(59)53-38-37-46(39-63(53)69)71(44-33-29-42(30-34-44)47-20-13-22-55-54-19-7-12-28-65(54)72-67(47)55)45-35-31-43(32-36-45)48-21-14-23-56-58-40-64-57(41-66(58)73-68(48)56)52-18-6-11-27-62(52)70(64)60-25-9-4-16-50(60)51-17-5-10-26-61(51)70/h3-41H,1-2H3. The van der Waals surface area contributed by atoms with E-state index in [9.17, 15) is 0 Å². The molecule has 0 saturated heterocycles. The first-order valence-corrected chi connectivity index (χ1v) is 27.0. The predicted molar refractivity (Wildman–Crippen MR) is 312 cm³/mol. The Bertz CT molecular complexity index is 4420. The van der Waals surface area contributed by atoms with Crippen molar-refractivity contribution in [2.75, 3.05) is 4.90 Å². The van der Waals surface area contributed by atoms with Gasteiger partial charge in [-0.3, -0.25) is 0 Å². The Labute approximate surface area is 432 Å². The Morgan fingerprint density at radius 2 is 0.726 bits per heavy atom. The van der Waals surface area contributed by atoms with Gasteiger partial charge in [-0.05, 0) is 144 Å². The molecule has 0 fully saturated rings. The van der Waals surface area contributed by atoms with Crippen molar-refractivity contribution in [3.05, 3.63) is 270 Å². The van der Waals surface area contributed by atoms with Crippen LogP contribution in [0, 0.1) is 0 Å². The molecule has 0 N–H and O–H groups in total. The van der Waals surface area contributed by atoms with Crippen molar-refractivity contribution in [2.45, 2.75) is 24.7 Å². The van der Waals surface area contributed by atoms with Gasteiger partial charge >= 0.3 is 0 Å². The lowest BCUT2D eigenvalue weighted by Gasteiger charge is -2.30. The smallest absolute Gasteiger partial charge is 0.0725 e. The molecule has 11 aromatic carbocycles. The van der Waals surface area contributed by atoms with Crippen molar-refractivity contribution in [1.82, 2.24) is 0 Å². The molecule has 1 spiro atoms. The fraction of sp³-hybridized carbons (Fsp3) is 0.0571. The number of rotatable bonds is 5. The SMILES string of the molecule is CC1(C)c2ccccc2-c2ccc(N(c3ccc(-c4cccc5c4sc4ccccc45)cc3)c3ccc(-c4cccc5c4sc4cc6c(cc45)C4(c5ccccc5-c5ccccc54)c4ccccc4-6)cc3)cc21. The molecule has 0 unspecified atom stereocenters. The monoisotopic (exact) mass is 963 g/mol. The predicted octanol–water partition coefficient (Wildman–Crippen LogP) is 19.9. The van der Waals surface area contributed by atoms with E-state index in [2.05, 4.69) is 255 Å². The molecule has 73 heavy (non-hydrogen) atoms. The van der Waals surface area contributed by atoms with E-state index in [4.69, 9.17) is 0 Å². The van der Waals surface area contributed by atoms with E-state index in [1.807, 2.05) is 22.7 Å². The maximum Gasteiger partial charge on any atom is 0.0725 e. The van der Waals surface area contributed by atoms with Crippen molar-refractivity contribution in [3.63, 3.8) is 0 Å². The van der Waals surface area contributed by atoms with E-state index >= 15 is 0 Å². The van der Waals surface area contributed by atoms with E-state index < -0.39 is 0 Å². The highest BCUT2D eigenvalue weighted by atomic mass is 32.1. The van der Waals surface area contributed by atoms with Crippen LogP contribution in [0.25, 0.3) is 96.0 Å². The van der Waals surface area contributed by atoms with Crippen LogP contribution in [0.4, 0.5) is 17.1 Å². The summed E-state index contributed by atoms with van der Waals surface area (Å²) in [5.74, 6) is 0. The average Bonchev–Trinajstić information content (AvgIpc) is 4.22. The van der Waals surface area contributed by atoms with Gasteiger partial charge in [0, 0.05) is 62.8 Å². The molecule has 342 valence electrons. The van der Waals surface area contributed by atoms with Gasteiger partial charge in [-0.25, -0.2) is 0 Å². The van der Waals surface area contributed by atoms with Crippen LogP contribution in [0.3, 0.4) is 0 Å². The van der Waals surface area contributed by atoms with Gasteiger partial charge in [0.05, 0.1) is 5.41 Å². The molecule has 13 aromatic rings.